The van der Waals surface area contributed by atoms with Gasteiger partial charge in [-0.1, -0.05) is 32.0 Å². The Morgan fingerprint density at radius 1 is 1.11 bits per heavy atom. The molecule has 2 heterocycles. The molecule has 1 unspecified atom stereocenters. The maximum atomic E-state index is 12.6. The highest BCUT2D eigenvalue weighted by Crippen LogP contribution is 2.31. The van der Waals surface area contributed by atoms with Gasteiger partial charge in [-0.05, 0) is 42.7 Å². The zero-order valence-corrected chi connectivity index (χ0v) is 17.3. The van der Waals surface area contributed by atoms with Crippen molar-refractivity contribution >= 4 is 38.9 Å². The fraction of sp³-hybridized carbons (Fsp3) is 0.318. The molecule has 1 aliphatic rings. The number of ketones is 1. The highest BCUT2D eigenvalue weighted by atomic mass is 32.1. The number of hydrogen-bond donors (Lipinski definition) is 1. The SMILES string of the molecule is CC(C)c1ccc2c(c1)C(=O)C(=O)N2C[NH+](C)[C@@H](C)c1nc2ccccc2s1. The van der Waals surface area contributed by atoms with E-state index in [0.717, 1.165) is 31.4 Å². The average molecular weight is 395 g/mol. The van der Waals surface area contributed by atoms with Crippen molar-refractivity contribution in [1.29, 1.82) is 0 Å². The van der Waals surface area contributed by atoms with Crippen LogP contribution in [-0.2, 0) is 4.79 Å². The Labute approximate surface area is 168 Å². The highest BCUT2D eigenvalue weighted by Gasteiger charge is 2.38. The molecule has 1 aromatic heterocycles. The molecule has 1 aliphatic heterocycles. The van der Waals surface area contributed by atoms with Gasteiger partial charge in [0.15, 0.2) is 11.7 Å². The van der Waals surface area contributed by atoms with Gasteiger partial charge in [0.1, 0.15) is 6.04 Å². The van der Waals surface area contributed by atoms with Crippen LogP contribution in [0.25, 0.3) is 10.2 Å². The number of nitrogens with one attached hydrogen (secondary N) is 1. The topological polar surface area (TPSA) is 54.7 Å². The van der Waals surface area contributed by atoms with Gasteiger partial charge in [0.25, 0.3) is 5.78 Å². The summed E-state index contributed by atoms with van der Waals surface area (Å²) in [5.41, 5.74) is 3.32. The second kappa shape index (κ2) is 7.11. The predicted octanol–water partition coefficient (Wildman–Crippen LogP) is 3.18. The quantitative estimate of drug-likeness (QED) is 0.676. The third-order valence-electron chi connectivity index (χ3n) is 5.49. The van der Waals surface area contributed by atoms with Crippen molar-refractivity contribution in [3.05, 3.63) is 58.6 Å². The first-order valence-electron chi connectivity index (χ1n) is 9.54. The van der Waals surface area contributed by atoms with Crippen LogP contribution in [0.4, 0.5) is 5.69 Å². The van der Waals surface area contributed by atoms with Crippen LogP contribution in [0.5, 0.6) is 0 Å². The molecule has 0 spiro atoms. The smallest absolute Gasteiger partial charge is 0.303 e. The van der Waals surface area contributed by atoms with E-state index in [4.69, 9.17) is 4.98 Å². The molecule has 0 saturated heterocycles. The zero-order valence-electron chi connectivity index (χ0n) is 16.5. The lowest BCUT2D eigenvalue weighted by molar-refractivity contribution is -0.908. The normalized spacial score (nSPS) is 16.1. The number of para-hydroxylation sites is 1. The molecule has 2 aromatic carbocycles. The molecule has 4 rings (SSSR count). The van der Waals surface area contributed by atoms with Gasteiger partial charge in [0.05, 0.1) is 28.5 Å². The van der Waals surface area contributed by atoms with Gasteiger partial charge in [-0.3, -0.25) is 14.5 Å². The van der Waals surface area contributed by atoms with Crippen LogP contribution in [0, 0.1) is 0 Å². The van der Waals surface area contributed by atoms with E-state index < -0.39 is 11.7 Å². The molecule has 5 nitrogen and oxygen atoms in total. The Kier molecular flexibility index (Phi) is 4.77. The van der Waals surface area contributed by atoms with Crippen LogP contribution in [0.3, 0.4) is 0 Å². The van der Waals surface area contributed by atoms with E-state index in [1.165, 1.54) is 0 Å². The monoisotopic (exact) mass is 394 g/mol. The minimum absolute atomic E-state index is 0.110. The van der Waals surface area contributed by atoms with E-state index in [1.807, 2.05) is 43.4 Å². The second-order valence-electron chi connectivity index (χ2n) is 7.74. The number of anilines is 1. The van der Waals surface area contributed by atoms with E-state index in [1.54, 1.807) is 16.2 Å². The fourth-order valence-electron chi connectivity index (χ4n) is 3.51. The molecular formula is C22H24N3O2S+. The zero-order chi connectivity index (χ0) is 20.0. The van der Waals surface area contributed by atoms with Crippen LogP contribution >= 0.6 is 11.3 Å². The molecule has 0 bridgehead atoms. The number of benzene rings is 2. The second-order valence-corrected chi connectivity index (χ2v) is 8.80. The number of amides is 1. The van der Waals surface area contributed by atoms with Crippen molar-refractivity contribution in [3.63, 3.8) is 0 Å². The van der Waals surface area contributed by atoms with Gasteiger partial charge in [-0.2, -0.15) is 0 Å². The molecule has 28 heavy (non-hydrogen) atoms. The van der Waals surface area contributed by atoms with E-state index in [0.29, 0.717) is 18.2 Å². The Morgan fingerprint density at radius 3 is 2.57 bits per heavy atom. The van der Waals surface area contributed by atoms with E-state index >= 15 is 0 Å². The Balaban J connectivity index is 1.58. The fourth-order valence-corrected chi connectivity index (χ4v) is 4.62. The molecule has 0 radical (unpaired) electrons. The lowest BCUT2D eigenvalue weighted by Crippen LogP contribution is -3.10. The molecule has 144 valence electrons. The number of aromatic nitrogens is 1. The summed E-state index contributed by atoms with van der Waals surface area (Å²) in [6.45, 7) is 6.70. The summed E-state index contributed by atoms with van der Waals surface area (Å²) < 4.78 is 1.16. The van der Waals surface area contributed by atoms with Gasteiger partial charge >= 0.3 is 5.91 Å². The van der Waals surface area contributed by atoms with Crippen LogP contribution in [0.15, 0.2) is 42.5 Å². The van der Waals surface area contributed by atoms with E-state index in [2.05, 4.69) is 26.8 Å². The van der Waals surface area contributed by atoms with Gasteiger partial charge in [-0.25, -0.2) is 4.98 Å². The summed E-state index contributed by atoms with van der Waals surface area (Å²) in [5.74, 6) is -0.528. The molecule has 6 heteroatoms. The largest absolute Gasteiger partial charge is 0.312 e. The summed E-state index contributed by atoms with van der Waals surface area (Å²) in [6.07, 6.45) is 0. The van der Waals surface area contributed by atoms with Crippen molar-refractivity contribution in [2.45, 2.75) is 32.7 Å². The minimum atomic E-state index is -0.438. The van der Waals surface area contributed by atoms with Gasteiger partial charge in [-0.15, -0.1) is 11.3 Å². The number of carbonyl (C=O) groups excluding carboxylic acids is 2. The standard InChI is InChI=1S/C22H23N3O2S/c1-13(2)15-9-10-18-16(11-15)20(26)22(27)25(18)12-24(4)14(3)21-23-17-7-5-6-8-19(17)28-21/h5-11,13-14H,12H2,1-4H3/p+1/t14-/m0/s1. The minimum Gasteiger partial charge on any atom is -0.312 e. The number of carbonyl (C=O) groups is 2. The first-order valence-corrected chi connectivity index (χ1v) is 10.4. The molecule has 0 saturated carbocycles. The van der Waals surface area contributed by atoms with Crippen LogP contribution in [0.2, 0.25) is 0 Å². The molecule has 0 aliphatic carbocycles. The number of hydrogen-bond acceptors (Lipinski definition) is 4. The number of fused-ring (bicyclic) bond motifs is 2. The van der Waals surface area contributed by atoms with Crippen molar-refractivity contribution in [2.75, 3.05) is 18.6 Å². The summed E-state index contributed by atoms with van der Waals surface area (Å²) in [4.78, 5) is 32.6. The predicted molar refractivity (Wildman–Crippen MR) is 112 cm³/mol. The lowest BCUT2D eigenvalue weighted by atomic mass is 9.99. The summed E-state index contributed by atoms with van der Waals surface area (Å²) in [7, 11) is 2.04. The Bertz CT molecular complexity index is 1040. The van der Waals surface area contributed by atoms with E-state index in [-0.39, 0.29) is 6.04 Å². The lowest BCUT2D eigenvalue weighted by Gasteiger charge is -2.25. The molecule has 1 amide bonds. The summed E-state index contributed by atoms with van der Waals surface area (Å²) in [6, 6.07) is 14.0. The summed E-state index contributed by atoms with van der Waals surface area (Å²) >= 11 is 1.68. The Hall–Kier alpha value is -2.57. The number of rotatable bonds is 5. The molecular weight excluding hydrogens is 370 g/mol. The number of thiazole rings is 1. The Morgan fingerprint density at radius 2 is 1.86 bits per heavy atom. The first kappa shape index (κ1) is 18.8. The van der Waals surface area contributed by atoms with Crippen molar-refractivity contribution in [1.82, 2.24) is 4.98 Å². The molecule has 1 N–H and O–H groups in total. The third-order valence-corrected chi connectivity index (χ3v) is 6.71. The van der Waals surface area contributed by atoms with Crippen molar-refractivity contribution < 1.29 is 14.5 Å². The van der Waals surface area contributed by atoms with E-state index in [9.17, 15) is 9.59 Å². The number of Topliss-reactive ketones (excluding diaryl/α,β-unsaturated/α-hetero) is 1. The van der Waals surface area contributed by atoms with Crippen molar-refractivity contribution in [3.8, 4) is 0 Å². The van der Waals surface area contributed by atoms with Crippen LogP contribution < -0.4 is 9.80 Å². The summed E-state index contributed by atoms with van der Waals surface area (Å²) in [5, 5.41) is 1.03. The number of nitrogens with zero attached hydrogens (tertiary/aromatic N) is 2. The maximum absolute atomic E-state index is 12.6. The maximum Gasteiger partial charge on any atom is 0.303 e. The molecule has 0 fully saturated rings. The molecule has 2 atom stereocenters. The van der Waals surface area contributed by atoms with Crippen molar-refractivity contribution in [2.24, 2.45) is 0 Å². The number of quaternary nitrogens is 1. The first-order chi connectivity index (χ1) is 13.4. The molecule has 3 aromatic rings. The van der Waals surface area contributed by atoms with Gasteiger partial charge in [0, 0.05) is 0 Å². The highest BCUT2D eigenvalue weighted by molar-refractivity contribution is 7.18. The van der Waals surface area contributed by atoms with Gasteiger partial charge < -0.3 is 4.90 Å². The average Bonchev–Trinajstić information content (AvgIpc) is 3.22. The van der Waals surface area contributed by atoms with Crippen LogP contribution in [0.1, 0.15) is 53.7 Å². The van der Waals surface area contributed by atoms with Crippen LogP contribution in [-0.4, -0.2) is 30.4 Å². The third kappa shape index (κ3) is 3.12. The van der Waals surface area contributed by atoms with Gasteiger partial charge in [0.2, 0.25) is 0 Å².